The summed E-state index contributed by atoms with van der Waals surface area (Å²) in [6, 6.07) is 4.44. The molecular weight excluding hydrogens is 298 g/mol. The van der Waals surface area contributed by atoms with Crippen LogP contribution in [0.3, 0.4) is 0 Å². The predicted molar refractivity (Wildman–Crippen MR) is 97.1 cm³/mol. The van der Waals surface area contributed by atoms with Crippen LogP contribution in [0.2, 0.25) is 0 Å². The summed E-state index contributed by atoms with van der Waals surface area (Å²) in [6.07, 6.45) is 2.44. The van der Waals surface area contributed by atoms with Crippen LogP contribution >= 0.6 is 17.2 Å². The van der Waals surface area contributed by atoms with Gasteiger partial charge in [-0.15, -0.1) is 0 Å². The Kier molecular flexibility index (Phi) is 5.22. The quantitative estimate of drug-likeness (QED) is 0.775. The predicted octanol–water partition coefficient (Wildman–Crippen LogP) is 4.12. The van der Waals surface area contributed by atoms with E-state index in [-0.39, 0.29) is 0 Å². The molecule has 2 rings (SSSR count). The summed E-state index contributed by atoms with van der Waals surface area (Å²) >= 11 is 0. The number of fused-ring (bicyclic) bond motifs is 1. The Labute approximate surface area is 132 Å². The molecule has 4 heteroatoms. The molecule has 2 unspecified atom stereocenters. The summed E-state index contributed by atoms with van der Waals surface area (Å²) in [4.78, 5) is 0. The second-order valence-corrected chi connectivity index (χ2v) is 10.6. The Bertz CT molecular complexity index is 454. The van der Waals surface area contributed by atoms with Crippen molar-refractivity contribution in [3.05, 3.63) is 12.1 Å². The zero-order chi connectivity index (χ0) is 15.7. The summed E-state index contributed by atoms with van der Waals surface area (Å²) in [5, 5.41) is 2.94. The molecule has 0 spiro atoms. The summed E-state index contributed by atoms with van der Waals surface area (Å²) < 4.78 is 11.1. The lowest BCUT2D eigenvalue weighted by Crippen LogP contribution is -2.21. The second-order valence-electron chi connectivity index (χ2n) is 8.08. The van der Waals surface area contributed by atoms with Crippen LogP contribution in [0.1, 0.15) is 41.5 Å². The van der Waals surface area contributed by atoms with Gasteiger partial charge in [-0.1, -0.05) is 58.7 Å². The molecule has 1 aromatic rings. The lowest BCUT2D eigenvalue weighted by molar-refractivity contribution is 0.174. The first-order valence-corrected chi connectivity index (χ1v) is 9.97. The van der Waals surface area contributed by atoms with Gasteiger partial charge in [-0.3, -0.25) is 0 Å². The Morgan fingerprint density at radius 3 is 1.52 bits per heavy atom. The van der Waals surface area contributed by atoms with Crippen molar-refractivity contribution in [2.24, 2.45) is 10.8 Å². The van der Waals surface area contributed by atoms with Crippen molar-refractivity contribution >= 4 is 27.8 Å². The summed E-state index contributed by atoms with van der Waals surface area (Å²) in [5.41, 5.74) is 0.748. The minimum Gasteiger partial charge on any atom is -0.454 e. The molecule has 2 atom stereocenters. The largest absolute Gasteiger partial charge is 0.454 e. The Morgan fingerprint density at radius 1 is 0.810 bits per heavy atom. The first-order chi connectivity index (χ1) is 9.64. The van der Waals surface area contributed by atoms with Crippen molar-refractivity contribution in [1.29, 1.82) is 0 Å². The fraction of sp³-hybridized carbons (Fsp3) is 0.647. The van der Waals surface area contributed by atoms with E-state index in [9.17, 15) is 0 Å². The van der Waals surface area contributed by atoms with E-state index >= 15 is 0 Å². The molecule has 0 N–H and O–H groups in total. The van der Waals surface area contributed by atoms with Crippen LogP contribution in [0.4, 0.5) is 0 Å². The first kappa shape index (κ1) is 17.0. The minimum absolute atomic E-state index is 0.364. The molecule has 1 heterocycles. The highest BCUT2D eigenvalue weighted by Gasteiger charge is 2.20. The summed E-state index contributed by atoms with van der Waals surface area (Å²) in [6.45, 7) is 14.2. The van der Waals surface area contributed by atoms with Gasteiger partial charge >= 0.3 is 0 Å². The van der Waals surface area contributed by atoms with Gasteiger partial charge in [0.25, 0.3) is 0 Å². The van der Waals surface area contributed by atoms with Gasteiger partial charge in [0, 0.05) is 0 Å². The smallest absolute Gasteiger partial charge is 0.231 e. The average molecular weight is 326 g/mol. The van der Waals surface area contributed by atoms with E-state index in [0.717, 1.165) is 28.7 Å². The second kappa shape index (κ2) is 6.43. The van der Waals surface area contributed by atoms with Crippen LogP contribution in [-0.2, 0) is 0 Å². The van der Waals surface area contributed by atoms with Crippen molar-refractivity contribution in [2.75, 3.05) is 19.1 Å². The highest BCUT2D eigenvalue weighted by atomic mass is 31.1. The monoisotopic (exact) mass is 326 g/mol. The third-order valence-electron chi connectivity index (χ3n) is 3.13. The lowest BCUT2D eigenvalue weighted by atomic mass is 10.0. The van der Waals surface area contributed by atoms with Gasteiger partial charge in [0.2, 0.25) is 6.79 Å². The van der Waals surface area contributed by atoms with E-state index in [0.29, 0.717) is 17.6 Å². The third kappa shape index (κ3) is 5.42. The van der Waals surface area contributed by atoms with Gasteiger partial charge in [0.05, 0.1) is 0 Å². The fourth-order valence-corrected chi connectivity index (χ4v) is 4.92. The van der Waals surface area contributed by atoms with E-state index in [1.165, 1.54) is 22.9 Å². The zero-order valence-corrected chi connectivity index (χ0v) is 16.1. The van der Waals surface area contributed by atoms with Crippen LogP contribution in [0.5, 0.6) is 11.5 Å². The molecule has 0 amide bonds. The van der Waals surface area contributed by atoms with E-state index in [2.05, 4.69) is 53.7 Å². The Balaban J connectivity index is 2.19. The standard InChI is InChI=1S/C17H28O2P2/c1-16(2,3)9-20-14-7-12-13(19-11-18-12)8-15(14)21-10-17(4,5)6/h7-8,20-21H,9-11H2,1-6H3. The average Bonchev–Trinajstić information content (AvgIpc) is 2.78. The summed E-state index contributed by atoms with van der Waals surface area (Å²) in [7, 11) is 1.69. The molecule has 0 radical (unpaired) electrons. The van der Waals surface area contributed by atoms with E-state index < -0.39 is 0 Å². The van der Waals surface area contributed by atoms with Crippen molar-refractivity contribution in [3.8, 4) is 11.5 Å². The van der Waals surface area contributed by atoms with Gasteiger partial charge in [-0.05, 0) is 45.9 Å². The number of hydrogen-bond acceptors (Lipinski definition) is 2. The minimum atomic E-state index is 0.364. The number of rotatable bonds is 4. The molecule has 0 aromatic heterocycles. The Hall–Kier alpha value is -0.320. The maximum absolute atomic E-state index is 5.56. The van der Waals surface area contributed by atoms with Gasteiger partial charge in [-0.2, -0.15) is 0 Å². The molecule has 2 nitrogen and oxygen atoms in total. The van der Waals surface area contributed by atoms with E-state index in [4.69, 9.17) is 9.47 Å². The maximum atomic E-state index is 5.56. The van der Waals surface area contributed by atoms with Crippen molar-refractivity contribution < 1.29 is 9.47 Å². The first-order valence-electron chi connectivity index (χ1n) is 7.55. The maximum Gasteiger partial charge on any atom is 0.231 e. The Morgan fingerprint density at radius 2 is 1.19 bits per heavy atom. The molecule has 1 aliphatic heterocycles. The van der Waals surface area contributed by atoms with Gasteiger partial charge in [0.1, 0.15) is 0 Å². The fourth-order valence-electron chi connectivity index (χ4n) is 1.96. The SMILES string of the molecule is CC(C)(C)CPc1cc2c(cc1PCC(C)(C)C)OCO2. The molecule has 0 aliphatic carbocycles. The number of benzene rings is 1. The van der Waals surface area contributed by atoms with Crippen LogP contribution < -0.4 is 20.1 Å². The van der Waals surface area contributed by atoms with Crippen molar-refractivity contribution in [1.82, 2.24) is 0 Å². The third-order valence-corrected chi connectivity index (χ3v) is 7.45. The molecule has 1 aromatic carbocycles. The molecule has 118 valence electrons. The summed E-state index contributed by atoms with van der Waals surface area (Å²) in [5.74, 6) is 1.85. The molecule has 0 bridgehead atoms. The zero-order valence-electron chi connectivity index (χ0n) is 14.1. The van der Waals surface area contributed by atoms with Crippen LogP contribution in [0.25, 0.3) is 0 Å². The van der Waals surface area contributed by atoms with Gasteiger partial charge in [0.15, 0.2) is 11.5 Å². The highest BCUT2D eigenvalue weighted by Crippen LogP contribution is 2.36. The van der Waals surface area contributed by atoms with Crippen LogP contribution in [0.15, 0.2) is 12.1 Å². The molecule has 0 saturated carbocycles. The molecule has 21 heavy (non-hydrogen) atoms. The molecule has 0 saturated heterocycles. The van der Waals surface area contributed by atoms with Crippen LogP contribution in [0, 0.1) is 10.8 Å². The van der Waals surface area contributed by atoms with E-state index in [1.54, 1.807) is 0 Å². The number of ether oxygens (including phenoxy) is 2. The van der Waals surface area contributed by atoms with Gasteiger partial charge in [-0.25, -0.2) is 0 Å². The van der Waals surface area contributed by atoms with Crippen LogP contribution in [-0.4, -0.2) is 19.1 Å². The highest BCUT2D eigenvalue weighted by molar-refractivity contribution is 7.54. The van der Waals surface area contributed by atoms with Crippen molar-refractivity contribution in [2.45, 2.75) is 41.5 Å². The lowest BCUT2D eigenvalue weighted by Gasteiger charge is -2.22. The molecule has 0 fully saturated rings. The normalized spacial score (nSPS) is 15.7. The number of hydrogen-bond donors (Lipinski definition) is 0. The van der Waals surface area contributed by atoms with Gasteiger partial charge < -0.3 is 9.47 Å². The molecule has 1 aliphatic rings. The van der Waals surface area contributed by atoms with E-state index in [1.807, 2.05) is 0 Å². The molecular formula is C17H28O2P2. The topological polar surface area (TPSA) is 18.5 Å². The van der Waals surface area contributed by atoms with Crippen molar-refractivity contribution in [3.63, 3.8) is 0 Å².